The molecule has 0 radical (unpaired) electrons. The van der Waals surface area contributed by atoms with E-state index in [0.29, 0.717) is 37.9 Å². The molecule has 6 heteroatoms. The van der Waals surface area contributed by atoms with Gasteiger partial charge in [0.2, 0.25) is 0 Å². The molecule has 3 aromatic rings. The summed E-state index contributed by atoms with van der Waals surface area (Å²) in [6.45, 7) is 1.40. The van der Waals surface area contributed by atoms with Gasteiger partial charge in [-0.25, -0.2) is 4.39 Å². The number of ether oxygens (including phenoxy) is 1. The molecule has 0 spiro atoms. The van der Waals surface area contributed by atoms with Crippen LogP contribution in [0.15, 0.2) is 42.5 Å². The highest BCUT2D eigenvalue weighted by molar-refractivity contribution is 5.89. The van der Waals surface area contributed by atoms with Crippen molar-refractivity contribution in [3.8, 4) is 11.4 Å². The van der Waals surface area contributed by atoms with Crippen LogP contribution in [0.5, 0.6) is 5.75 Å². The summed E-state index contributed by atoms with van der Waals surface area (Å²) in [5.41, 5.74) is 4.24. The maximum absolute atomic E-state index is 13.7. The van der Waals surface area contributed by atoms with Gasteiger partial charge in [-0.05, 0) is 86.1 Å². The molecule has 31 heavy (non-hydrogen) atoms. The monoisotopic (exact) mass is 423 g/mol. The molecular formula is C25H26FNO4. The number of aliphatic carboxylic acids is 1. The van der Waals surface area contributed by atoms with E-state index in [9.17, 15) is 19.4 Å². The van der Waals surface area contributed by atoms with Crippen molar-refractivity contribution in [2.75, 3.05) is 13.2 Å². The minimum Gasteiger partial charge on any atom is -0.508 e. The third-order valence-corrected chi connectivity index (χ3v) is 6.87. The number of hydrogen-bond donors (Lipinski definition) is 2. The summed E-state index contributed by atoms with van der Waals surface area (Å²) >= 11 is 0. The van der Waals surface area contributed by atoms with Crippen molar-refractivity contribution < 1.29 is 24.1 Å². The smallest absolute Gasteiger partial charge is 0.306 e. The van der Waals surface area contributed by atoms with Gasteiger partial charge in [-0.3, -0.25) is 4.79 Å². The highest BCUT2D eigenvalue weighted by Crippen LogP contribution is 2.44. The fourth-order valence-electron chi connectivity index (χ4n) is 5.24. The fraction of sp³-hybridized carbons (Fsp3) is 0.400. The Kier molecular flexibility index (Phi) is 5.18. The maximum Gasteiger partial charge on any atom is 0.306 e. The lowest BCUT2D eigenvalue weighted by molar-refractivity contribution is -0.146. The van der Waals surface area contributed by atoms with Crippen LogP contribution in [-0.4, -0.2) is 34.0 Å². The van der Waals surface area contributed by atoms with Gasteiger partial charge in [0, 0.05) is 35.9 Å². The zero-order valence-corrected chi connectivity index (χ0v) is 17.3. The van der Waals surface area contributed by atoms with Crippen LogP contribution in [0.25, 0.3) is 16.6 Å². The quantitative estimate of drug-likeness (QED) is 0.604. The van der Waals surface area contributed by atoms with E-state index in [4.69, 9.17) is 4.74 Å². The number of phenolic OH excluding ortho intramolecular Hbond substituents is 1. The number of aromatic hydroxyl groups is 1. The van der Waals surface area contributed by atoms with E-state index in [2.05, 4.69) is 4.57 Å². The molecule has 2 N–H and O–H groups in total. The molecule has 0 unspecified atom stereocenters. The Morgan fingerprint density at radius 3 is 2.48 bits per heavy atom. The number of rotatable bonds is 5. The molecule has 162 valence electrons. The van der Waals surface area contributed by atoms with Crippen LogP contribution in [0.3, 0.4) is 0 Å². The van der Waals surface area contributed by atoms with Gasteiger partial charge in [-0.2, -0.15) is 0 Å². The molecule has 5 rings (SSSR count). The molecule has 1 aliphatic heterocycles. The van der Waals surface area contributed by atoms with Gasteiger partial charge < -0.3 is 19.5 Å². The van der Waals surface area contributed by atoms with Crippen LogP contribution < -0.4 is 0 Å². The van der Waals surface area contributed by atoms with Gasteiger partial charge in [-0.15, -0.1) is 0 Å². The summed E-state index contributed by atoms with van der Waals surface area (Å²) in [4.78, 5) is 11.3. The topological polar surface area (TPSA) is 71.7 Å². The largest absolute Gasteiger partial charge is 0.508 e. The predicted octanol–water partition coefficient (Wildman–Crippen LogP) is 5.02. The van der Waals surface area contributed by atoms with E-state index >= 15 is 0 Å². The lowest BCUT2D eigenvalue weighted by Crippen LogP contribution is -2.31. The summed E-state index contributed by atoms with van der Waals surface area (Å²) in [5.74, 6) is -0.434. The molecule has 1 aromatic heterocycles. The van der Waals surface area contributed by atoms with Gasteiger partial charge in [0.05, 0.1) is 11.4 Å². The van der Waals surface area contributed by atoms with E-state index < -0.39 is 5.97 Å². The predicted molar refractivity (Wildman–Crippen MR) is 115 cm³/mol. The molecular weight excluding hydrogens is 397 g/mol. The molecule has 1 aliphatic carbocycles. The van der Waals surface area contributed by atoms with Crippen LogP contribution >= 0.6 is 0 Å². The number of aromatic nitrogens is 1. The summed E-state index contributed by atoms with van der Waals surface area (Å²) in [6.07, 6.45) is 3.96. The van der Waals surface area contributed by atoms with Crippen molar-refractivity contribution in [3.63, 3.8) is 0 Å². The number of fused-ring (bicyclic) bond motifs is 1. The van der Waals surface area contributed by atoms with Crippen LogP contribution in [0.4, 0.5) is 4.39 Å². The molecule has 0 bridgehead atoms. The van der Waals surface area contributed by atoms with Crippen molar-refractivity contribution in [1.82, 2.24) is 4.57 Å². The van der Waals surface area contributed by atoms with Crippen molar-refractivity contribution in [3.05, 3.63) is 59.5 Å². The Hall–Kier alpha value is -2.86. The number of carbonyl (C=O) groups is 1. The minimum atomic E-state index is -0.715. The first-order valence-corrected chi connectivity index (χ1v) is 10.9. The number of phenols is 1. The number of hydrogen-bond acceptors (Lipinski definition) is 3. The Labute approximate surface area is 180 Å². The number of halogens is 1. The zero-order chi connectivity index (χ0) is 21.5. The molecule has 2 fully saturated rings. The molecule has 2 aromatic carbocycles. The van der Waals surface area contributed by atoms with Crippen LogP contribution in [0, 0.1) is 17.7 Å². The first kappa shape index (κ1) is 20.1. The second kappa shape index (κ2) is 8.00. The van der Waals surface area contributed by atoms with E-state index in [0.717, 1.165) is 35.9 Å². The van der Waals surface area contributed by atoms with Crippen molar-refractivity contribution in [1.29, 1.82) is 0 Å². The molecule has 2 aliphatic rings. The highest BCUT2D eigenvalue weighted by Gasteiger charge is 2.36. The summed E-state index contributed by atoms with van der Waals surface area (Å²) in [5, 5.41) is 20.5. The van der Waals surface area contributed by atoms with E-state index in [1.165, 1.54) is 23.4 Å². The second-order valence-electron chi connectivity index (χ2n) is 8.84. The first-order valence-electron chi connectivity index (χ1n) is 10.9. The number of nitrogens with zero attached hydrogens (tertiary/aromatic N) is 1. The number of benzene rings is 2. The normalized spacial score (nSPS) is 21.8. The number of carboxylic acids is 1. The van der Waals surface area contributed by atoms with E-state index in [1.54, 1.807) is 24.3 Å². The highest BCUT2D eigenvalue weighted by atomic mass is 19.1. The Morgan fingerprint density at radius 1 is 1.10 bits per heavy atom. The molecule has 2 heterocycles. The summed E-state index contributed by atoms with van der Waals surface area (Å²) in [7, 11) is 0. The SMILES string of the molecule is O=C(O)[C@H]1C[C@@H](Cc2c(C3CCOCC3)n(-c3ccc(F)cc3)c3ccc(O)cc23)C1. The molecule has 5 nitrogen and oxygen atoms in total. The maximum atomic E-state index is 13.7. The van der Waals surface area contributed by atoms with Gasteiger partial charge in [0.15, 0.2) is 0 Å². The molecule has 0 atom stereocenters. The van der Waals surface area contributed by atoms with Gasteiger partial charge in [0.1, 0.15) is 11.6 Å². The van der Waals surface area contributed by atoms with Gasteiger partial charge in [0.25, 0.3) is 0 Å². The van der Waals surface area contributed by atoms with Crippen molar-refractivity contribution in [2.45, 2.75) is 38.0 Å². The molecule has 1 saturated heterocycles. The standard InChI is InChI=1S/C25H26FNO4/c26-18-1-3-19(4-2-18)27-23-6-5-20(28)14-21(23)22(13-15-11-17(12-15)25(29)30)24(27)16-7-9-31-10-8-16/h1-6,14-17,28H,7-13H2,(H,29,30)/t15-,17+. The van der Waals surface area contributed by atoms with Crippen LogP contribution in [-0.2, 0) is 16.0 Å². The minimum absolute atomic E-state index is 0.209. The third kappa shape index (κ3) is 3.69. The molecule has 1 saturated carbocycles. The first-order chi connectivity index (χ1) is 15.0. The Bertz CT molecular complexity index is 1110. The lowest BCUT2D eigenvalue weighted by Gasteiger charge is -2.33. The van der Waals surface area contributed by atoms with E-state index in [-0.39, 0.29) is 17.5 Å². The fourth-order valence-corrected chi connectivity index (χ4v) is 5.24. The number of carboxylic acid groups (broad SMARTS) is 1. The average molecular weight is 423 g/mol. The zero-order valence-electron chi connectivity index (χ0n) is 17.3. The third-order valence-electron chi connectivity index (χ3n) is 6.87. The van der Waals surface area contributed by atoms with Gasteiger partial charge >= 0.3 is 5.97 Å². The van der Waals surface area contributed by atoms with E-state index in [1.807, 2.05) is 6.07 Å². The molecule has 0 amide bonds. The van der Waals surface area contributed by atoms with Crippen molar-refractivity contribution in [2.24, 2.45) is 11.8 Å². The second-order valence-corrected chi connectivity index (χ2v) is 8.84. The lowest BCUT2D eigenvalue weighted by atomic mass is 9.71. The van der Waals surface area contributed by atoms with Crippen LogP contribution in [0.2, 0.25) is 0 Å². The summed E-state index contributed by atoms with van der Waals surface area (Å²) < 4.78 is 21.5. The summed E-state index contributed by atoms with van der Waals surface area (Å²) in [6, 6.07) is 11.9. The Morgan fingerprint density at radius 2 is 1.81 bits per heavy atom. The van der Waals surface area contributed by atoms with Crippen molar-refractivity contribution >= 4 is 16.9 Å². The average Bonchev–Trinajstić information content (AvgIpc) is 3.04. The van der Waals surface area contributed by atoms with Gasteiger partial charge in [-0.1, -0.05) is 0 Å². The van der Waals surface area contributed by atoms with Crippen LogP contribution in [0.1, 0.15) is 42.9 Å². The Balaban J connectivity index is 1.66.